The van der Waals surface area contributed by atoms with Gasteiger partial charge in [0.2, 0.25) is 0 Å². The predicted octanol–water partition coefficient (Wildman–Crippen LogP) is 3.12. The summed E-state index contributed by atoms with van der Waals surface area (Å²) in [5.41, 5.74) is 0. The van der Waals surface area contributed by atoms with Crippen LogP contribution in [-0.4, -0.2) is 39.6 Å². The number of hydrogen-bond acceptors (Lipinski definition) is 4. The third kappa shape index (κ3) is 5.38. The molecule has 1 aliphatic heterocycles. The lowest BCUT2D eigenvalue weighted by Gasteiger charge is -2.14. The maximum atomic E-state index is 5.91. The van der Waals surface area contributed by atoms with E-state index in [1.807, 2.05) is 24.3 Å². The topological polar surface area (TPSA) is 67.1 Å². The number of aromatic nitrogens is 3. The third-order valence-corrected chi connectivity index (χ3v) is 5.40. The monoisotopic (exact) mass is 392 g/mol. The molecular weight excluding hydrogens is 368 g/mol. The van der Waals surface area contributed by atoms with Gasteiger partial charge in [-0.05, 0) is 44.0 Å². The van der Waals surface area contributed by atoms with E-state index in [9.17, 15) is 0 Å². The summed E-state index contributed by atoms with van der Waals surface area (Å²) in [6.07, 6.45) is 3.43. The number of aliphatic imine (C=N–C) groups is 1. The Morgan fingerprint density at radius 2 is 2.08 bits per heavy atom. The number of thioether (sulfide) groups is 1. The molecule has 0 radical (unpaired) electrons. The van der Waals surface area contributed by atoms with Crippen molar-refractivity contribution >= 4 is 29.3 Å². The lowest BCUT2D eigenvalue weighted by atomic mass is 10.2. The van der Waals surface area contributed by atoms with E-state index in [1.165, 1.54) is 17.7 Å². The van der Waals surface area contributed by atoms with Crippen LogP contribution in [0.15, 0.2) is 34.2 Å². The van der Waals surface area contributed by atoms with Gasteiger partial charge in [0, 0.05) is 41.7 Å². The summed E-state index contributed by atoms with van der Waals surface area (Å²) in [7, 11) is 0. The Morgan fingerprint density at radius 1 is 1.23 bits per heavy atom. The van der Waals surface area contributed by atoms with Crippen LogP contribution < -0.4 is 10.6 Å². The van der Waals surface area contributed by atoms with Crippen molar-refractivity contribution in [2.75, 3.05) is 18.8 Å². The number of guanidine groups is 1. The van der Waals surface area contributed by atoms with Gasteiger partial charge in [0.05, 0.1) is 0 Å². The second-order valence-corrected chi connectivity index (χ2v) is 7.67. The minimum Gasteiger partial charge on any atom is -0.357 e. The number of hydrogen-bond donors (Lipinski definition) is 2. The van der Waals surface area contributed by atoms with Crippen LogP contribution in [0.1, 0.15) is 31.4 Å². The molecule has 0 saturated heterocycles. The van der Waals surface area contributed by atoms with E-state index in [-0.39, 0.29) is 0 Å². The molecule has 1 aliphatic rings. The van der Waals surface area contributed by atoms with Gasteiger partial charge in [0.15, 0.2) is 11.8 Å². The Kier molecular flexibility index (Phi) is 7.20. The van der Waals surface area contributed by atoms with E-state index >= 15 is 0 Å². The zero-order valence-electron chi connectivity index (χ0n) is 15.0. The Morgan fingerprint density at radius 3 is 2.88 bits per heavy atom. The second kappa shape index (κ2) is 9.83. The number of nitrogens with one attached hydrogen (secondary N) is 2. The second-order valence-electron chi connectivity index (χ2n) is 6.07. The van der Waals surface area contributed by atoms with Gasteiger partial charge < -0.3 is 15.2 Å². The smallest absolute Gasteiger partial charge is 0.191 e. The highest BCUT2D eigenvalue weighted by atomic mass is 35.5. The van der Waals surface area contributed by atoms with Crippen molar-refractivity contribution in [3.05, 3.63) is 40.9 Å². The molecule has 1 aromatic carbocycles. The molecule has 8 heteroatoms. The van der Waals surface area contributed by atoms with Crippen molar-refractivity contribution in [2.24, 2.45) is 4.99 Å². The van der Waals surface area contributed by atoms with Crippen LogP contribution in [0.25, 0.3) is 0 Å². The Bertz CT molecular complexity index is 728. The molecule has 0 bridgehead atoms. The quantitative estimate of drug-likeness (QED) is 0.328. The van der Waals surface area contributed by atoms with E-state index < -0.39 is 0 Å². The molecule has 0 saturated carbocycles. The third-order valence-electron chi connectivity index (χ3n) is 4.14. The van der Waals surface area contributed by atoms with Crippen LogP contribution in [0.4, 0.5) is 0 Å². The summed E-state index contributed by atoms with van der Waals surface area (Å²) in [4.78, 5) is 5.88. The van der Waals surface area contributed by atoms with E-state index in [2.05, 4.69) is 37.3 Å². The first kappa shape index (κ1) is 19.0. The lowest BCUT2D eigenvalue weighted by Crippen LogP contribution is -2.38. The largest absolute Gasteiger partial charge is 0.357 e. The van der Waals surface area contributed by atoms with Gasteiger partial charge in [-0.15, -0.1) is 22.0 Å². The Balaban J connectivity index is 1.49. The molecule has 140 valence electrons. The fourth-order valence-corrected chi connectivity index (χ4v) is 3.74. The average Bonchev–Trinajstić information content (AvgIpc) is 3.08. The molecule has 2 N–H and O–H groups in total. The number of aryl methyl sites for hydroxylation is 1. The average molecular weight is 393 g/mol. The first-order chi connectivity index (χ1) is 12.8. The molecule has 0 atom stereocenters. The standard InChI is InChI=1S/C18H25ClN6S/c1-2-20-18(21-10-12-26-15-8-6-14(19)7-9-15)22-13-17-24-23-16-5-3-4-11-25(16)17/h6-9H,2-5,10-13H2,1H3,(H2,20,21,22). The van der Waals surface area contributed by atoms with Gasteiger partial charge in [-0.25, -0.2) is 4.99 Å². The van der Waals surface area contributed by atoms with Crippen LogP contribution >= 0.6 is 23.4 Å². The Hall–Kier alpha value is -1.73. The molecule has 0 unspecified atom stereocenters. The molecule has 0 fully saturated rings. The zero-order valence-corrected chi connectivity index (χ0v) is 16.6. The first-order valence-electron chi connectivity index (χ1n) is 9.07. The summed E-state index contributed by atoms with van der Waals surface area (Å²) in [6.45, 7) is 5.28. The van der Waals surface area contributed by atoms with Gasteiger partial charge in [-0.2, -0.15) is 0 Å². The summed E-state index contributed by atoms with van der Waals surface area (Å²) in [5.74, 6) is 3.82. The first-order valence-corrected chi connectivity index (χ1v) is 10.4. The van der Waals surface area contributed by atoms with Crippen molar-refractivity contribution in [1.82, 2.24) is 25.4 Å². The van der Waals surface area contributed by atoms with E-state index in [0.29, 0.717) is 6.54 Å². The SMILES string of the molecule is CCNC(=NCc1nnc2n1CCCC2)NCCSc1ccc(Cl)cc1. The Labute approximate surface area is 163 Å². The van der Waals surface area contributed by atoms with Crippen molar-refractivity contribution in [3.63, 3.8) is 0 Å². The summed E-state index contributed by atoms with van der Waals surface area (Å²) in [6, 6.07) is 7.92. The number of fused-ring (bicyclic) bond motifs is 1. The minimum absolute atomic E-state index is 0.548. The molecule has 0 spiro atoms. The fourth-order valence-electron chi connectivity index (χ4n) is 2.85. The lowest BCUT2D eigenvalue weighted by molar-refractivity contribution is 0.508. The van der Waals surface area contributed by atoms with Crippen molar-refractivity contribution < 1.29 is 0 Å². The summed E-state index contributed by atoms with van der Waals surface area (Å²) in [5, 5.41) is 16.0. The molecular formula is C18H25ClN6S. The van der Waals surface area contributed by atoms with Gasteiger partial charge in [0.1, 0.15) is 12.4 Å². The van der Waals surface area contributed by atoms with Crippen LogP contribution in [0.2, 0.25) is 5.02 Å². The zero-order chi connectivity index (χ0) is 18.2. The van der Waals surface area contributed by atoms with Crippen molar-refractivity contribution in [2.45, 2.75) is 44.2 Å². The van der Waals surface area contributed by atoms with Crippen molar-refractivity contribution in [3.8, 4) is 0 Å². The van der Waals surface area contributed by atoms with E-state index in [1.54, 1.807) is 11.8 Å². The van der Waals surface area contributed by atoms with Crippen LogP contribution in [0.5, 0.6) is 0 Å². The van der Waals surface area contributed by atoms with Gasteiger partial charge in [0.25, 0.3) is 0 Å². The van der Waals surface area contributed by atoms with Gasteiger partial charge in [-0.1, -0.05) is 11.6 Å². The number of halogens is 1. The molecule has 1 aromatic heterocycles. The molecule has 2 aromatic rings. The van der Waals surface area contributed by atoms with E-state index in [4.69, 9.17) is 11.6 Å². The molecule has 2 heterocycles. The molecule has 0 amide bonds. The van der Waals surface area contributed by atoms with Crippen molar-refractivity contribution in [1.29, 1.82) is 0 Å². The normalized spacial score (nSPS) is 14.2. The molecule has 6 nitrogen and oxygen atoms in total. The highest BCUT2D eigenvalue weighted by Crippen LogP contribution is 2.19. The van der Waals surface area contributed by atoms with E-state index in [0.717, 1.165) is 54.4 Å². The minimum atomic E-state index is 0.548. The molecule has 0 aliphatic carbocycles. The van der Waals surface area contributed by atoms with Gasteiger partial charge in [-0.3, -0.25) is 0 Å². The molecule has 3 rings (SSSR count). The van der Waals surface area contributed by atoms with Crippen LogP contribution in [0, 0.1) is 0 Å². The fraction of sp³-hybridized carbons (Fsp3) is 0.500. The summed E-state index contributed by atoms with van der Waals surface area (Å²) < 4.78 is 2.22. The van der Waals surface area contributed by atoms with Crippen LogP contribution in [0.3, 0.4) is 0 Å². The maximum Gasteiger partial charge on any atom is 0.191 e. The highest BCUT2D eigenvalue weighted by molar-refractivity contribution is 7.99. The highest BCUT2D eigenvalue weighted by Gasteiger charge is 2.15. The van der Waals surface area contributed by atoms with Gasteiger partial charge >= 0.3 is 0 Å². The predicted molar refractivity (Wildman–Crippen MR) is 108 cm³/mol. The maximum absolute atomic E-state index is 5.91. The molecule has 26 heavy (non-hydrogen) atoms. The number of rotatable bonds is 7. The summed E-state index contributed by atoms with van der Waals surface area (Å²) >= 11 is 7.71. The number of nitrogens with zero attached hydrogens (tertiary/aromatic N) is 4. The number of benzene rings is 1. The van der Waals surface area contributed by atoms with Crippen LogP contribution in [-0.2, 0) is 19.5 Å².